The van der Waals surface area contributed by atoms with Gasteiger partial charge in [0.25, 0.3) is 0 Å². The topological polar surface area (TPSA) is 51.2 Å². The van der Waals surface area contributed by atoms with Gasteiger partial charge in [0, 0.05) is 30.6 Å². The molecule has 0 aromatic carbocycles. The Hall–Kier alpha value is -1.25. The molecule has 0 bridgehead atoms. The van der Waals surface area contributed by atoms with Gasteiger partial charge in [-0.1, -0.05) is 19.9 Å². The molecular weight excluding hydrogens is 300 g/mol. The van der Waals surface area contributed by atoms with Crippen LogP contribution in [0.3, 0.4) is 0 Å². The van der Waals surface area contributed by atoms with Crippen LogP contribution in [-0.4, -0.2) is 17.3 Å². The molecule has 3 saturated carbocycles. The van der Waals surface area contributed by atoms with Crippen LogP contribution >= 0.6 is 0 Å². The first-order valence-corrected chi connectivity index (χ1v) is 9.53. The minimum atomic E-state index is -0.252. The number of carbonyl (C=O) groups is 3. The summed E-state index contributed by atoms with van der Waals surface area (Å²) in [4.78, 5) is 37.3. The highest BCUT2D eigenvalue weighted by Crippen LogP contribution is 2.65. The van der Waals surface area contributed by atoms with Crippen molar-refractivity contribution in [3.05, 3.63) is 11.6 Å². The van der Waals surface area contributed by atoms with Crippen LogP contribution in [0, 0.1) is 34.5 Å². The van der Waals surface area contributed by atoms with Crippen molar-refractivity contribution in [3.8, 4) is 0 Å². The summed E-state index contributed by atoms with van der Waals surface area (Å²) < 4.78 is 0. The van der Waals surface area contributed by atoms with E-state index in [-0.39, 0.29) is 22.5 Å². The predicted molar refractivity (Wildman–Crippen MR) is 91.3 cm³/mol. The van der Waals surface area contributed by atoms with E-state index in [0.717, 1.165) is 31.3 Å². The molecule has 24 heavy (non-hydrogen) atoms. The van der Waals surface area contributed by atoms with E-state index in [2.05, 4.69) is 19.9 Å². The fraction of sp³-hybridized carbons (Fsp3) is 0.762. The maximum Gasteiger partial charge on any atom is 0.156 e. The Morgan fingerprint density at radius 2 is 1.96 bits per heavy atom. The van der Waals surface area contributed by atoms with Crippen molar-refractivity contribution in [2.45, 2.75) is 65.7 Å². The van der Waals surface area contributed by atoms with Gasteiger partial charge in [0.05, 0.1) is 0 Å². The van der Waals surface area contributed by atoms with Gasteiger partial charge in [-0.3, -0.25) is 14.4 Å². The summed E-state index contributed by atoms with van der Waals surface area (Å²) in [7, 11) is 0. The van der Waals surface area contributed by atoms with Crippen molar-refractivity contribution < 1.29 is 14.4 Å². The Labute approximate surface area is 144 Å². The monoisotopic (exact) mass is 328 g/mol. The number of hydrogen-bond acceptors (Lipinski definition) is 3. The lowest BCUT2D eigenvalue weighted by molar-refractivity contribution is -0.157. The van der Waals surface area contributed by atoms with Gasteiger partial charge in [-0.15, -0.1) is 0 Å². The second kappa shape index (κ2) is 5.12. The number of Topliss-reactive ketones (excluding diaryl/α,β-unsaturated/α-hetero) is 3. The average Bonchev–Trinajstić information content (AvgIpc) is 2.84. The van der Waals surface area contributed by atoms with Crippen LogP contribution in [0.15, 0.2) is 11.6 Å². The fourth-order valence-electron chi connectivity index (χ4n) is 6.98. The van der Waals surface area contributed by atoms with E-state index in [0.29, 0.717) is 48.6 Å². The minimum Gasteiger partial charge on any atom is -0.300 e. The summed E-state index contributed by atoms with van der Waals surface area (Å²) in [5.74, 6) is 2.17. The number of carbonyl (C=O) groups excluding carboxylic acids is 3. The van der Waals surface area contributed by atoms with E-state index >= 15 is 0 Å². The third-order valence-corrected chi connectivity index (χ3v) is 8.13. The van der Waals surface area contributed by atoms with Crippen molar-refractivity contribution in [2.75, 3.05) is 0 Å². The van der Waals surface area contributed by atoms with Crippen molar-refractivity contribution in [1.82, 2.24) is 0 Å². The van der Waals surface area contributed by atoms with Crippen LogP contribution in [0.25, 0.3) is 0 Å². The van der Waals surface area contributed by atoms with E-state index in [1.807, 2.05) is 0 Å². The van der Waals surface area contributed by atoms with Crippen LogP contribution < -0.4 is 0 Å². The molecule has 0 amide bonds. The average molecular weight is 328 g/mol. The number of ketones is 3. The smallest absolute Gasteiger partial charge is 0.156 e. The summed E-state index contributed by atoms with van der Waals surface area (Å²) in [6, 6.07) is 0. The standard InChI is InChI=1S/C21H28O3/c1-12(22)16-6-7-17-15-5-4-13-10-14(23)8-9-20(13,2)19(15)18(24)11-21(16,17)3/h6,13,15,17,19H,4-5,7-11H2,1-3H3. The summed E-state index contributed by atoms with van der Waals surface area (Å²) in [5.41, 5.74) is 0.636. The van der Waals surface area contributed by atoms with Crippen LogP contribution in [-0.2, 0) is 14.4 Å². The first kappa shape index (κ1) is 16.2. The summed E-state index contributed by atoms with van der Waals surface area (Å²) in [6.07, 6.45) is 7.87. The highest BCUT2D eigenvalue weighted by atomic mass is 16.1. The van der Waals surface area contributed by atoms with Gasteiger partial charge in [-0.2, -0.15) is 0 Å². The van der Waals surface area contributed by atoms with Gasteiger partial charge in [0.1, 0.15) is 11.6 Å². The van der Waals surface area contributed by atoms with Crippen LogP contribution in [0.5, 0.6) is 0 Å². The Kier molecular flexibility index (Phi) is 3.47. The molecule has 4 aliphatic carbocycles. The summed E-state index contributed by atoms with van der Waals surface area (Å²) in [5, 5.41) is 0. The molecular formula is C21H28O3. The molecule has 0 heterocycles. The van der Waals surface area contributed by atoms with Crippen LogP contribution in [0.1, 0.15) is 65.7 Å². The lowest BCUT2D eigenvalue weighted by Gasteiger charge is -2.58. The molecule has 6 atom stereocenters. The quantitative estimate of drug-likeness (QED) is 0.733. The summed E-state index contributed by atoms with van der Waals surface area (Å²) in [6.45, 7) is 6.06. The maximum absolute atomic E-state index is 13.3. The first-order chi connectivity index (χ1) is 11.3. The van der Waals surface area contributed by atoms with E-state index in [1.165, 1.54) is 0 Å². The largest absolute Gasteiger partial charge is 0.300 e. The Morgan fingerprint density at radius 3 is 2.67 bits per heavy atom. The molecule has 0 aliphatic heterocycles. The molecule has 130 valence electrons. The van der Waals surface area contributed by atoms with Crippen molar-refractivity contribution in [1.29, 1.82) is 0 Å². The Balaban J connectivity index is 1.70. The van der Waals surface area contributed by atoms with Crippen molar-refractivity contribution >= 4 is 17.3 Å². The van der Waals surface area contributed by atoms with Gasteiger partial charge >= 0.3 is 0 Å². The second-order valence-corrected chi connectivity index (χ2v) is 9.24. The zero-order chi connectivity index (χ0) is 17.3. The lowest BCUT2D eigenvalue weighted by Crippen LogP contribution is -2.57. The van der Waals surface area contributed by atoms with Gasteiger partial charge in [-0.05, 0) is 61.3 Å². The fourth-order valence-corrected chi connectivity index (χ4v) is 6.98. The molecule has 0 aromatic heterocycles. The molecule has 0 spiro atoms. The molecule has 0 N–H and O–H groups in total. The van der Waals surface area contributed by atoms with E-state index in [4.69, 9.17) is 0 Å². The second-order valence-electron chi connectivity index (χ2n) is 9.24. The van der Waals surface area contributed by atoms with Crippen LogP contribution in [0.4, 0.5) is 0 Å². The number of allylic oxidation sites excluding steroid dienone is 2. The molecule has 4 rings (SSSR count). The zero-order valence-corrected chi connectivity index (χ0v) is 15.1. The normalized spacial score (nSPS) is 47.5. The number of fused-ring (bicyclic) bond motifs is 5. The van der Waals surface area contributed by atoms with E-state index in [9.17, 15) is 14.4 Å². The zero-order valence-electron chi connectivity index (χ0n) is 15.1. The first-order valence-electron chi connectivity index (χ1n) is 9.53. The van der Waals surface area contributed by atoms with Crippen molar-refractivity contribution in [2.24, 2.45) is 34.5 Å². The minimum absolute atomic E-state index is 0.00574. The predicted octanol–water partition coefficient (Wildman–Crippen LogP) is 3.90. The molecule has 0 saturated heterocycles. The molecule has 3 heteroatoms. The molecule has 0 radical (unpaired) electrons. The third-order valence-electron chi connectivity index (χ3n) is 8.13. The van der Waals surface area contributed by atoms with Gasteiger partial charge < -0.3 is 0 Å². The summed E-state index contributed by atoms with van der Waals surface area (Å²) >= 11 is 0. The van der Waals surface area contributed by atoms with Crippen molar-refractivity contribution in [3.63, 3.8) is 0 Å². The maximum atomic E-state index is 13.3. The molecule has 4 aliphatic rings. The van der Waals surface area contributed by atoms with Gasteiger partial charge in [0.15, 0.2) is 5.78 Å². The van der Waals surface area contributed by atoms with E-state index < -0.39 is 0 Å². The highest BCUT2D eigenvalue weighted by molar-refractivity contribution is 5.97. The molecule has 6 unspecified atom stereocenters. The lowest BCUT2D eigenvalue weighted by atomic mass is 9.44. The van der Waals surface area contributed by atoms with Crippen LogP contribution in [0.2, 0.25) is 0 Å². The third kappa shape index (κ3) is 1.99. The number of rotatable bonds is 1. The highest BCUT2D eigenvalue weighted by Gasteiger charge is 2.62. The Morgan fingerprint density at radius 1 is 1.21 bits per heavy atom. The molecule has 3 nitrogen and oxygen atoms in total. The number of hydrogen-bond donors (Lipinski definition) is 0. The SMILES string of the molecule is CC(=O)C1=CCC2C3CCC4CC(=O)CCC4(C)C3C(=O)CC12C. The van der Waals surface area contributed by atoms with Gasteiger partial charge in [-0.25, -0.2) is 0 Å². The van der Waals surface area contributed by atoms with Gasteiger partial charge in [0.2, 0.25) is 0 Å². The molecule has 0 aromatic rings. The molecule has 3 fully saturated rings. The van der Waals surface area contributed by atoms with E-state index in [1.54, 1.807) is 6.92 Å². The Bertz CT molecular complexity index is 660.